The van der Waals surface area contributed by atoms with E-state index in [1.165, 1.54) is 10.6 Å². The standard InChI is InChI=1S/C22H22F2N4O2/c1-14-26-20-5-3-2-4-17(20)22(30)28(14)13-21(29)25-11-15-8-9-27(12-15)16-6-7-18(23)19(24)10-16/h2-7,10,15H,8-9,11-13H2,1H3,(H,25,29). The number of para-hydroxylation sites is 1. The van der Waals surface area contributed by atoms with Crippen molar-refractivity contribution in [3.05, 3.63) is 70.3 Å². The molecule has 0 bridgehead atoms. The number of carbonyl (C=O) groups is 1. The van der Waals surface area contributed by atoms with Crippen LogP contribution in [-0.2, 0) is 11.3 Å². The van der Waals surface area contributed by atoms with Crippen molar-refractivity contribution in [1.82, 2.24) is 14.9 Å². The Morgan fingerprint density at radius 2 is 2.00 bits per heavy atom. The number of halogens is 2. The molecule has 0 aliphatic carbocycles. The Morgan fingerprint density at radius 3 is 2.80 bits per heavy atom. The van der Waals surface area contributed by atoms with Crippen LogP contribution in [0.3, 0.4) is 0 Å². The fourth-order valence-electron chi connectivity index (χ4n) is 3.84. The van der Waals surface area contributed by atoms with E-state index in [-0.39, 0.29) is 23.9 Å². The van der Waals surface area contributed by atoms with Crippen LogP contribution in [0.15, 0.2) is 47.3 Å². The first-order valence-electron chi connectivity index (χ1n) is 9.85. The number of anilines is 1. The van der Waals surface area contributed by atoms with Gasteiger partial charge in [-0.05, 0) is 43.5 Å². The van der Waals surface area contributed by atoms with E-state index in [0.29, 0.717) is 42.0 Å². The Bertz CT molecular complexity index is 1160. The topological polar surface area (TPSA) is 67.2 Å². The van der Waals surface area contributed by atoms with Crippen LogP contribution in [0.5, 0.6) is 0 Å². The summed E-state index contributed by atoms with van der Waals surface area (Å²) in [6, 6.07) is 10.9. The molecule has 0 saturated carbocycles. The zero-order chi connectivity index (χ0) is 21.3. The van der Waals surface area contributed by atoms with Gasteiger partial charge in [0.05, 0.1) is 10.9 Å². The van der Waals surface area contributed by atoms with E-state index in [0.717, 1.165) is 12.5 Å². The Balaban J connectivity index is 1.36. The molecule has 1 atom stereocenters. The molecule has 1 N–H and O–H groups in total. The second-order valence-electron chi connectivity index (χ2n) is 7.57. The molecule has 1 aromatic heterocycles. The number of amides is 1. The summed E-state index contributed by atoms with van der Waals surface area (Å²) in [7, 11) is 0. The van der Waals surface area contributed by atoms with E-state index >= 15 is 0 Å². The molecule has 156 valence electrons. The summed E-state index contributed by atoms with van der Waals surface area (Å²) in [6.07, 6.45) is 0.829. The SMILES string of the molecule is Cc1nc2ccccc2c(=O)n1CC(=O)NCC1CCN(c2ccc(F)c(F)c2)C1. The lowest BCUT2D eigenvalue weighted by Crippen LogP contribution is -2.36. The maximum Gasteiger partial charge on any atom is 0.261 e. The third-order valence-corrected chi connectivity index (χ3v) is 5.50. The van der Waals surface area contributed by atoms with Crippen LogP contribution in [0, 0.1) is 24.5 Å². The first-order chi connectivity index (χ1) is 14.4. The largest absolute Gasteiger partial charge is 0.371 e. The molecule has 1 unspecified atom stereocenters. The second-order valence-corrected chi connectivity index (χ2v) is 7.57. The van der Waals surface area contributed by atoms with Crippen molar-refractivity contribution in [1.29, 1.82) is 0 Å². The summed E-state index contributed by atoms with van der Waals surface area (Å²) in [5, 5.41) is 3.36. The van der Waals surface area contributed by atoms with Gasteiger partial charge in [0, 0.05) is 31.4 Å². The number of aryl methyl sites for hydroxylation is 1. The number of hydrogen-bond acceptors (Lipinski definition) is 4. The first kappa shape index (κ1) is 20.0. The van der Waals surface area contributed by atoms with E-state index in [1.54, 1.807) is 31.2 Å². The normalized spacial score (nSPS) is 16.2. The third kappa shape index (κ3) is 4.03. The molecule has 1 aliphatic rings. The number of fused-ring (bicyclic) bond motifs is 1. The fraction of sp³-hybridized carbons (Fsp3) is 0.318. The lowest BCUT2D eigenvalue weighted by molar-refractivity contribution is -0.121. The monoisotopic (exact) mass is 412 g/mol. The van der Waals surface area contributed by atoms with Crippen LogP contribution < -0.4 is 15.8 Å². The van der Waals surface area contributed by atoms with Gasteiger partial charge in [0.15, 0.2) is 11.6 Å². The molecule has 30 heavy (non-hydrogen) atoms. The second kappa shape index (κ2) is 8.22. The van der Waals surface area contributed by atoms with Crippen molar-refractivity contribution in [2.24, 2.45) is 5.92 Å². The Hall–Kier alpha value is -3.29. The highest BCUT2D eigenvalue weighted by atomic mass is 19.2. The van der Waals surface area contributed by atoms with Crippen LogP contribution in [0.1, 0.15) is 12.2 Å². The minimum atomic E-state index is -0.867. The average Bonchev–Trinajstić information content (AvgIpc) is 3.21. The summed E-state index contributed by atoms with van der Waals surface area (Å²) in [5.41, 5.74) is 1.01. The predicted molar refractivity (Wildman–Crippen MR) is 110 cm³/mol. The highest BCUT2D eigenvalue weighted by Crippen LogP contribution is 2.25. The molecular weight excluding hydrogens is 390 g/mol. The van der Waals surface area contributed by atoms with Crippen LogP contribution in [0.4, 0.5) is 14.5 Å². The van der Waals surface area contributed by atoms with Crippen molar-refractivity contribution in [2.45, 2.75) is 19.9 Å². The van der Waals surface area contributed by atoms with Gasteiger partial charge in [-0.2, -0.15) is 0 Å². The van der Waals surface area contributed by atoms with E-state index in [4.69, 9.17) is 0 Å². The summed E-state index contributed by atoms with van der Waals surface area (Å²) in [6.45, 7) is 3.41. The Morgan fingerprint density at radius 1 is 1.20 bits per heavy atom. The van der Waals surface area contributed by atoms with E-state index in [2.05, 4.69) is 10.3 Å². The Kier molecular flexibility index (Phi) is 5.48. The number of nitrogens with zero attached hydrogens (tertiary/aromatic N) is 3. The molecule has 1 aliphatic heterocycles. The predicted octanol–water partition coefficient (Wildman–Crippen LogP) is 2.63. The number of rotatable bonds is 5. The van der Waals surface area contributed by atoms with E-state index < -0.39 is 11.6 Å². The molecule has 4 rings (SSSR count). The van der Waals surface area contributed by atoms with Crippen LogP contribution in [-0.4, -0.2) is 35.1 Å². The third-order valence-electron chi connectivity index (χ3n) is 5.50. The minimum absolute atomic E-state index is 0.0951. The molecule has 8 heteroatoms. The maximum atomic E-state index is 13.5. The number of hydrogen-bond donors (Lipinski definition) is 1. The molecule has 6 nitrogen and oxygen atoms in total. The van der Waals surface area contributed by atoms with Gasteiger partial charge in [-0.15, -0.1) is 0 Å². The number of benzene rings is 2. The number of aromatic nitrogens is 2. The van der Waals surface area contributed by atoms with Gasteiger partial charge in [0.1, 0.15) is 12.4 Å². The van der Waals surface area contributed by atoms with E-state index in [1.807, 2.05) is 11.0 Å². The summed E-state index contributed by atoms with van der Waals surface area (Å²) >= 11 is 0. The minimum Gasteiger partial charge on any atom is -0.371 e. The molecule has 0 radical (unpaired) electrons. The quantitative estimate of drug-likeness (QED) is 0.700. The van der Waals surface area contributed by atoms with Gasteiger partial charge in [0.2, 0.25) is 5.91 Å². The fourth-order valence-corrected chi connectivity index (χ4v) is 3.84. The molecule has 1 fully saturated rings. The highest BCUT2D eigenvalue weighted by molar-refractivity contribution is 5.79. The van der Waals surface area contributed by atoms with E-state index in [9.17, 15) is 18.4 Å². The van der Waals surface area contributed by atoms with Crippen LogP contribution >= 0.6 is 0 Å². The molecular formula is C22H22F2N4O2. The van der Waals surface area contributed by atoms with Gasteiger partial charge in [-0.3, -0.25) is 14.2 Å². The average molecular weight is 412 g/mol. The lowest BCUT2D eigenvalue weighted by atomic mass is 10.1. The zero-order valence-electron chi connectivity index (χ0n) is 16.6. The molecule has 1 amide bonds. The van der Waals surface area contributed by atoms with Crippen LogP contribution in [0.25, 0.3) is 10.9 Å². The van der Waals surface area contributed by atoms with Crippen molar-refractivity contribution in [3.8, 4) is 0 Å². The highest BCUT2D eigenvalue weighted by Gasteiger charge is 2.24. The number of carbonyl (C=O) groups excluding carboxylic acids is 1. The lowest BCUT2D eigenvalue weighted by Gasteiger charge is -2.19. The summed E-state index contributed by atoms with van der Waals surface area (Å²) in [5.74, 6) is -1.32. The van der Waals surface area contributed by atoms with Gasteiger partial charge in [0.25, 0.3) is 5.56 Å². The van der Waals surface area contributed by atoms with Gasteiger partial charge in [-0.25, -0.2) is 13.8 Å². The van der Waals surface area contributed by atoms with Gasteiger partial charge in [-0.1, -0.05) is 12.1 Å². The van der Waals surface area contributed by atoms with Crippen molar-refractivity contribution < 1.29 is 13.6 Å². The molecule has 0 spiro atoms. The molecule has 3 aromatic rings. The summed E-state index contributed by atoms with van der Waals surface area (Å²) < 4.78 is 28.0. The van der Waals surface area contributed by atoms with Crippen molar-refractivity contribution in [3.63, 3.8) is 0 Å². The first-order valence-corrected chi connectivity index (χ1v) is 9.85. The Labute approximate surface area is 172 Å². The maximum absolute atomic E-state index is 13.5. The molecule has 1 saturated heterocycles. The van der Waals surface area contributed by atoms with Crippen LogP contribution in [0.2, 0.25) is 0 Å². The molecule has 2 heterocycles. The van der Waals surface area contributed by atoms with Gasteiger partial charge >= 0.3 is 0 Å². The van der Waals surface area contributed by atoms with Crippen molar-refractivity contribution in [2.75, 3.05) is 24.5 Å². The van der Waals surface area contributed by atoms with Gasteiger partial charge < -0.3 is 10.2 Å². The number of nitrogens with one attached hydrogen (secondary N) is 1. The van der Waals surface area contributed by atoms with Crippen molar-refractivity contribution >= 4 is 22.5 Å². The zero-order valence-corrected chi connectivity index (χ0v) is 16.6. The smallest absolute Gasteiger partial charge is 0.261 e. The molecule has 2 aromatic carbocycles. The summed E-state index contributed by atoms with van der Waals surface area (Å²) in [4.78, 5) is 31.5.